The van der Waals surface area contributed by atoms with Gasteiger partial charge in [-0.3, -0.25) is 0 Å². The average molecular weight is 300 g/mol. The third-order valence-corrected chi connectivity index (χ3v) is 3.97. The Balaban J connectivity index is 2.41. The van der Waals surface area contributed by atoms with E-state index in [0.29, 0.717) is 5.92 Å². The van der Waals surface area contributed by atoms with Gasteiger partial charge in [-0.05, 0) is 44.0 Å². The fourth-order valence-corrected chi connectivity index (χ4v) is 3.05. The van der Waals surface area contributed by atoms with Crippen molar-refractivity contribution in [2.75, 3.05) is 27.3 Å². The van der Waals surface area contributed by atoms with Crippen molar-refractivity contribution in [2.45, 2.75) is 18.8 Å². The van der Waals surface area contributed by atoms with Gasteiger partial charge in [0.05, 0.1) is 14.2 Å². The van der Waals surface area contributed by atoms with E-state index in [-0.39, 0.29) is 0 Å². The first kappa shape index (κ1) is 12.7. The van der Waals surface area contributed by atoms with Crippen LogP contribution in [-0.4, -0.2) is 27.3 Å². The molecule has 1 saturated heterocycles. The molecule has 0 spiro atoms. The van der Waals surface area contributed by atoms with Gasteiger partial charge in [0.1, 0.15) is 0 Å². The lowest BCUT2D eigenvalue weighted by molar-refractivity contribution is 0.344. The number of methoxy groups -OCH3 is 2. The van der Waals surface area contributed by atoms with E-state index in [1.165, 1.54) is 5.56 Å². The fourth-order valence-electron chi connectivity index (χ4n) is 2.42. The second-order valence-electron chi connectivity index (χ2n) is 4.22. The highest BCUT2D eigenvalue weighted by Gasteiger charge is 2.23. The fraction of sp³-hybridized carbons (Fsp3) is 0.538. The molecule has 0 aliphatic carbocycles. The molecular weight excluding hydrogens is 282 g/mol. The molecule has 4 heteroatoms. The van der Waals surface area contributed by atoms with E-state index in [1.54, 1.807) is 14.2 Å². The van der Waals surface area contributed by atoms with Gasteiger partial charge in [0.25, 0.3) is 0 Å². The van der Waals surface area contributed by atoms with Crippen molar-refractivity contribution >= 4 is 15.9 Å². The molecule has 0 atom stereocenters. The lowest BCUT2D eigenvalue weighted by atomic mass is 9.89. The summed E-state index contributed by atoms with van der Waals surface area (Å²) in [6.45, 7) is 2.13. The van der Waals surface area contributed by atoms with Gasteiger partial charge in [0.15, 0.2) is 11.5 Å². The number of benzene rings is 1. The van der Waals surface area contributed by atoms with Crippen LogP contribution in [0.2, 0.25) is 0 Å². The maximum absolute atomic E-state index is 5.53. The topological polar surface area (TPSA) is 30.5 Å². The minimum atomic E-state index is 0.538. The highest BCUT2D eigenvalue weighted by atomic mass is 79.9. The first-order valence-corrected chi connectivity index (χ1v) is 6.68. The van der Waals surface area contributed by atoms with Gasteiger partial charge in [-0.2, -0.15) is 0 Å². The van der Waals surface area contributed by atoms with E-state index in [0.717, 1.165) is 41.9 Å². The van der Waals surface area contributed by atoms with E-state index in [1.807, 2.05) is 12.1 Å². The van der Waals surface area contributed by atoms with Crippen molar-refractivity contribution in [3.05, 3.63) is 22.2 Å². The van der Waals surface area contributed by atoms with E-state index in [4.69, 9.17) is 9.47 Å². The second kappa shape index (κ2) is 5.74. The molecule has 0 amide bonds. The number of hydrogen-bond donors (Lipinski definition) is 1. The molecule has 17 heavy (non-hydrogen) atoms. The van der Waals surface area contributed by atoms with Crippen LogP contribution in [0.3, 0.4) is 0 Å². The first-order valence-electron chi connectivity index (χ1n) is 5.89. The smallest absolute Gasteiger partial charge is 0.165 e. The van der Waals surface area contributed by atoms with Crippen molar-refractivity contribution in [3.63, 3.8) is 0 Å². The van der Waals surface area contributed by atoms with Crippen LogP contribution in [0.4, 0.5) is 0 Å². The summed E-state index contributed by atoms with van der Waals surface area (Å²) in [5.74, 6) is 2.22. The largest absolute Gasteiger partial charge is 0.493 e. The van der Waals surface area contributed by atoms with Crippen LogP contribution in [0.1, 0.15) is 24.3 Å². The maximum Gasteiger partial charge on any atom is 0.165 e. The lowest BCUT2D eigenvalue weighted by Gasteiger charge is -2.26. The number of ether oxygens (including phenoxy) is 2. The maximum atomic E-state index is 5.53. The Morgan fingerprint density at radius 2 is 1.88 bits per heavy atom. The molecule has 1 aliphatic heterocycles. The molecule has 1 heterocycles. The monoisotopic (exact) mass is 299 g/mol. The van der Waals surface area contributed by atoms with Crippen LogP contribution < -0.4 is 14.8 Å². The molecule has 3 nitrogen and oxygen atoms in total. The predicted octanol–water partition coefficient (Wildman–Crippen LogP) is 2.93. The molecule has 0 unspecified atom stereocenters. The zero-order valence-corrected chi connectivity index (χ0v) is 11.8. The molecule has 0 aromatic heterocycles. The van der Waals surface area contributed by atoms with Gasteiger partial charge >= 0.3 is 0 Å². The van der Waals surface area contributed by atoms with Gasteiger partial charge in [-0.15, -0.1) is 0 Å². The number of rotatable bonds is 3. The number of hydrogen-bond acceptors (Lipinski definition) is 3. The summed E-state index contributed by atoms with van der Waals surface area (Å²) in [4.78, 5) is 0. The van der Waals surface area contributed by atoms with Gasteiger partial charge in [0, 0.05) is 10.0 Å². The predicted molar refractivity (Wildman–Crippen MR) is 72.1 cm³/mol. The molecule has 2 rings (SSSR count). The van der Waals surface area contributed by atoms with Crippen LogP contribution in [0, 0.1) is 0 Å². The van der Waals surface area contributed by atoms with Crippen molar-refractivity contribution in [2.24, 2.45) is 0 Å². The third-order valence-electron chi connectivity index (χ3n) is 3.28. The van der Waals surface area contributed by atoms with E-state index < -0.39 is 0 Å². The van der Waals surface area contributed by atoms with Crippen LogP contribution >= 0.6 is 15.9 Å². The van der Waals surface area contributed by atoms with Crippen molar-refractivity contribution in [3.8, 4) is 11.5 Å². The summed E-state index contributed by atoms with van der Waals surface area (Å²) in [6.07, 6.45) is 2.28. The van der Waals surface area contributed by atoms with Crippen LogP contribution in [0.25, 0.3) is 0 Å². The van der Waals surface area contributed by atoms with Crippen LogP contribution in [0.15, 0.2) is 16.6 Å². The summed E-state index contributed by atoms with van der Waals surface area (Å²) in [5, 5.41) is 3.38. The SMILES string of the molecule is COc1ccc(Br)c(C2CCNCC2)c1OC. The Kier molecular flexibility index (Phi) is 4.29. The molecular formula is C13H18BrNO2. The quantitative estimate of drug-likeness (QED) is 0.931. The van der Waals surface area contributed by atoms with Crippen molar-refractivity contribution in [1.29, 1.82) is 0 Å². The zero-order valence-electron chi connectivity index (χ0n) is 10.3. The molecule has 0 saturated carbocycles. The Morgan fingerprint density at radius 1 is 1.18 bits per heavy atom. The molecule has 1 fully saturated rings. The Bertz CT molecular complexity index is 389. The van der Waals surface area contributed by atoms with Gasteiger partial charge < -0.3 is 14.8 Å². The molecule has 94 valence electrons. The number of nitrogens with one attached hydrogen (secondary N) is 1. The summed E-state index contributed by atoms with van der Waals surface area (Å²) < 4.78 is 12.0. The lowest BCUT2D eigenvalue weighted by Crippen LogP contribution is -2.27. The molecule has 0 radical (unpaired) electrons. The molecule has 1 N–H and O–H groups in total. The minimum Gasteiger partial charge on any atom is -0.493 e. The Hall–Kier alpha value is -0.740. The Morgan fingerprint density at radius 3 is 2.47 bits per heavy atom. The minimum absolute atomic E-state index is 0.538. The highest BCUT2D eigenvalue weighted by molar-refractivity contribution is 9.10. The van der Waals surface area contributed by atoms with Crippen molar-refractivity contribution in [1.82, 2.24) is 5.32 Å². The van der Waals surface area contributed by atoms with Crippen LogP contribution in [0.5, 0.6) is 11.5 Å². The van der Waals surface area contributed by atoms with Gasteiger partial charge in [-0.25, -0.2) is 0 Å². The van der Waals surface area contributed by atoms with E-state index >= 15 is 0 Å². The molecule has 1 aliphatic rings. The van der Waals surface area contributed by atoms with E-state index in [9.17, 15) is 0 Å². The molecule has 1 aromatic carbocycles. The number of halogens is 1. The number of piperidine rings is 1. The second-order valence-corrected chi connectivity index (χ2v) is 5.08. The molecule has 0 bridgehead atoms. The standard InChI is InChI=1S/C13H18BrNO2/c1-16-11-4-3-10(14)12(13(11)17-2)9-5-7-15-8-6-9/h3-4,9,15H,5-8H2,1-2H3. The van der Waals surface area contributed by atoms with Gasteiger partial charge in [-0.1, -0.05) is 15.9 Å². The van der Waals surface area contributed by atoms with Gasteiger partial charge in [0.2, 0.25) is 0 Å². The Labute approximate surface area is 111 Å². The summed E-state index contributed by atoms with van der Waals surface area (Å²) in [6, 6.07) is 3.98. The average Bonchev–Trinajstić information content (AvgIpc) is 2.39. The summed E-state index contributed by atoms with van der Waals surface area (Å²) in [5.41, 5.74) is 1.24. The summed E-state index contributed by atoms with van der Waals surface area (Å²) in [7, 11) is 3.38. The van der Waals surface area contributed by atoms with E-state index in [2.05, 4.69) is 21.2 Å². The first-order chi connectivity index (χ1) is 8.27. The molecule has 1 aromatic rings. The normalized spacial score (nSPS) is 16.9. The summed E-state index contributed by atoms with van der Waals surface area (Å²) >= 11 is 3.63. The zero-order chi connectivity index (χ0) is 12.3. The van der Waals surface area contributed by atoms with Crippen LogP contribution in [-0.2, 0) is 0 Å². The third kappa shape index (κ3) is 2.58. The highest BCUT2D eigenvalue weighted by Crippen LogP contribution is 2.43. The van der Waals surface area contributed by atoms with Crippen molar-refractivity contribution < 1.29 is 9.47 Å².